The summed E-state index contributed by atoms with van der Waals surface area (Å²) < 4.78 is 10.7. The van der Waals surface area contributed by atoms with Crippen molar-refractivity contribution in [3.8, 4) is 5.75 Å². The molecule has 0 unspecified atom stereocenters. The molecule has 37 heavy (non-hydrogen) atoms. The van der Waals surface area contributed by atoms with Crippen LogP contribution >= 0.6 is 0 Å². The lowest BCUT2D eigenvalue weighted by molar-refractivity contribution is -0.132. The molecular formula is C26H38N4O7. The number of carbonyl (C=O) groups excluding carboxylic acids is 3. The summed E-state index contributed by atoms with van der Waals surface area (Å²) in [7, 11) is 1.26. The van der Waals surface area contributed by atoms with Gasteiger partial charge in [0, 0.05) is 37.8 Å². The zero-order chi connectivity index (χ0) is 27.5. The molecule has 11 heteroatoms. The number of anilines is 1. The van der Waals surface area contributed by atoms with Crippen LogP contribution in [0.2, 0.25) is 0 Å². The van der Waals surface area contributed by atoms with Crippen LogP contribution < -0.4 is 15.0 Å². The highest BCUT2D eigenvalue weighted by molar-refractivity contribution is 6.05. The van der Waals surface area contributed by atoms with Gasteiger partial charge in [-0.3, -0.25) is 9.59 Å². The summed E-state index contributed by atoms with van der Waals surface area (Å²) in [6, 6.07) is 3.08. The predicted octanol–water partition coefficient (Wildman–Crippen LogP) is 3.10. The van der Waals surface area contributed by atoms with Crippen molar-refractivity contribution in [2.24, 2.45) is 0 Å². The molecule has 1 aromatic rings. The SMILES string of the molecule is CCc1cc2c(cc1C(=O)N(C(C)C)[C@@H]1CCCN(C(=O)O)C1)N(CCNC(=O)OC)C(=O)C(C)(C)O2. The summed E-state index contributed by atoms with van der Waals surface area (Å²) in [5.41, 5.74) is 0.555. The molecule has 204 valence electrons. The molecule has 0 aromatic heterocycles. The van der Waals surface area contributed by atoms with Gasteiger partial charge in [-0.1, -0.05) is 6.92 Å². The first-order chi connectivity index (χ1) is 17.4. The summed E-state index contributed by atoms with van der Waals surface area (Å²) in [5, 5.41) is 12.1. The number of nitrogens with zero attached hydrogens (tertiary/aromatic N) is 3. The Kier molecular flexibility index (Phi) is 8.55. The lowest BCUT2D eigenvalue weighted by Gasteiger charge is -2.42. The standard InChI is InChI=1S/C26H38N4O7/c1-7-17-13-21-20(29(12-10-27-24(33)36-6)23(32)26(4,5)37-21)14-19(17)22(31)30(16(2)3)18-9-8-11-28(15-18)25(34)35/h13-14,16,18H,7-12,15H2,1-6H3,(H,27,33)(H,34,35)/t18-/m1/s1. The zero-order valence-electron chi connectivity index (χ0n) is 22.5. The maximum atomic E-state index is 14.0. The number of alkyl carbamates (subject to hydrolysis) is 1. The first-order valence-corrected chi connectivity index (χ1v) is 12.7. The average molecular weight is 519 g/mol. The second-order valence-electron chi connectivity index (χ2n) is 10.1. The molecule has 2 aliphatic heterocycles. The summed E-state index contributed by atoms with van der Waals surface area (Å²) in [5.74, 6) is -0.0156. The van der Waals surface area contributed by atoms with Crippen molar-refractivity contribution in [2.45, 2.75) is 71.6 Å². The first kappa shape index (κ1) is 28.1. The van der Waals surface area contributed by atoms with Gasteiger partial charge in [-0.25, -0.2) is 9.59 Å². The van der Waals surface area contributed by atoms with Crippen LogP contribution in [-0.4, -0.2) is 89.9 Å². The van der Waals surface area contributed by atoms with E-state index in [1.165, 1.54) is 16.9 Å². The number of nitrogens with one attached hydrogen (secondary N) is 1. The number of piperidine rings is 1. The van der Waals surface area contributed by atoms with Gasteiger partial charge in [-0.2, -0.15) is 0 Å². The molecule has 1 aromatic carbocycles. The molecule has 11 nitrogen and oxygen atoms in total. The average Bonchev–Trinajstić information content (AvgIpc) is 2.85. The van der Waals surface area contributed by atoms with Gasteiger partial charge in [0.15, 0.2) is 5.60 Å². The molecule has 0 spiro atoms. The third-order valence-corrected chi connectivity index (χ3v) is 6.85. The van der Waals surface area contributed by atoms with Crippen LogP contribution in [0.5, 0.6) is 5.75 Å². The third-order valence-electron chi connectivity index (χ3n) is 6.85. The highest BCUT2D eigenvalue weighted by atomic mass is 16.5. The van der Waals surface area contributed by atoms with Crippen molar-refractivity contribution < 1.29 is 33.8 Å². The highest BCUT2D eigenvalue weighted by Gasteiger charge is 2.42. The Morgan fingerprint density at radius 3 is 2.59 bits per heavy atom. The number of benzene rings is 1. The highest BCUT2D eigenvalue weighted by Crippen LogP contribution is 2.40. The van der Waals surface area contributed by atoms with Gasteiger partial charge < -0.3 is 34.6 Å². The number of hydrogen-bond acceptors (Lipinski definition) is 6. The van der Waals surface area contributed by atoms with Crippen LogP contribution in [0.25, 0.3) is 0 Å². The van der Waals surface area contributed by atoms with Crippen molar-refractivity contribution in [3.05, 3.63) is 23.3 Å². The summed E-state index contributed by atoms with van der Waals surface area (Å²) in [6.07, 6.45) is 0.359. The van der Waals surface area contributed by atoms with Crippen molar-refractivity contribution >= 4 is 29.7 Å². The third kappa shape index (κ3) is 5.91. The molecule has 0 saturated carbocycles. The van der Waals surface area contributed by atoms with E-state index in [9.17, 15) is 24.3 Å². The minimum absolute atomic E-state index is 0.151. The van der Waals surface area contributed by atoms with Crippen LogP contribution in [0.15, 0.2) is 12.1 Å². The number of aryl methyl sites for hydroxylation is 1. The van der Waals surface area contributed by atoms with Gasteiger partial charge in [0.2, 0.25) is 0 Å². The fourth-order valence-electron chi connectivity index (χ4n) is 5.03. The van der Waals surface area contributed by atoms with E-state index < -0.39 is 17.8 Å². The van der Waals surface area contributed by atoms with E-state index in [2.05, 4.69) is 10.1 Å². The number of rotatable bonds is 7. The fourth-order valence-corrected chi connectivity index (χ4v) is 5.03. The van der Waals surface area contributed by atoms with E-state index in [4.69, 9.17) is 4.74 Å². The Bertz CT molecular complexity index is 1060. The topological polar surface area (TPSA) is 129 Å². The van der Waals surface area contributed by atoms with Gasteiger partial charge in [0.05, 0.1) is 18.8 Å². The summed E-state index contributed by atoms with van der Waals surface area (Å²) in [6.45, 7) is 10.2. The predicted molar refractivity (Wildman–Crippen MR) is 137 cm³/mol. The van der Waals surface area contributed by atoms with Gasteiger partial charge in [-0.05, 0) is 64.7 Å². The molecule has 1 fully saturated rings. The van der Waals surface area contributed by atoms with Crippen LogP contribution in [0, 0.1) is 0 Å². The number of amides is 4. The van der Waals surface area contributed by atoms with Crippen LogP contribution in [-0.2, 0) is 16.0 Å². The van der Waals surface area contributed by atoms with Gasteiger partial charge in [0.1, 0.15) is 5.75 Å². The van der Waals surface area contributed by atoms with Gasteiger partial charge in [0.25, 0.3) is 11.8 Å². The van der Waals surface area contributed by atoms with Crippen LogP contribution in [0.1, 0.15) is 63.4 Å². The molecule has 4 amide bonds. The number of carboxylic acid groups (broad SMARTS) is 1. The maximum Gasteiger partial charge on any atom is 0.407 e. The molecule has 3 rings (SSSR count). The number of methoxy groups -OCH3 is 1. The van der Waals surface area contributed by atoms with Crippen LogP contribution in [0.4, 0.5) is 15.3 Å². The second-order valence-corrected chi connectivity index (χ2v) is 10.1. The molecule has 2 heterocycles. The molecule has 0 radical (unpaired) electrons. The first-order valence-electron chi connectivity index (χ1n) is 12.7. The Labute approximate surface area is 217 Å². The Hall–Kier alpha value is -3.50. The number of ether oxygens (including phenoxy) is 2. The lowest BCUT2D eigenvalue weighted by atomic mass is 9.96. The Morgan fingerprint density at radius 2 is 2.00 bits per heavy atom. The van der Waals surface area contributed by atoms with Crippen LogP contribution in [0.3, 0.4) is 0 Å². The second kappa shape index (κ2) is 11.3. The molecule has 2 aliphatic rings. The summed E-state index contributed by atoms with van der Waals surface area (Å²) in [4.78, 5) is 55.1. The van der Waals surface area contributed by atoms with Crippen molar-refractivity contribution in [1.82, 2.24) is 15.1 Å². The molecular weight excluding hydrogens is 480 g/mol. The molecule has 1 saturated heterocycles. The molecule has 0 bridgehead atoms. The number of likely N-dealkylation sites (tertiary alicyclic amines) is 1. The minimum atomic E-state index is -1.12. The number of carbonyl (C=O) groups is 4. The van der Waals surface area contributed by atoms with E-state index >= 15 is 0 Å². The Morgan fingerprint density at radius 1 is 1.30 bits per heavy atom. The van der Waals surface area contributed by atoms with Gasteiger partial charge in [-0.15, -0.1) is 0 Å². The largest absolute Gasteiger partial charge is 0.476 e. The Balaban J connectivity index is 2.01. The maximum absolute atomic E-state index is 14.0. The number of fused-ring (bicyclic) bond motifs is 1. The van der Waals surface area contributed by atoms with Gasteiger partial charge >= 0.3 is 12.2 Å². The van der Waals surface area contributed by atoms with E-state index in [0.29, 0.717) is 42.8 Å². The lowest BCUT2D eigenvalue weighted by Crippen LogP contribution is -2.55. The fraction of sp³-hybridized carbons (Fsp3) is 0.615. The zero-order valence-corrected chi connectivity index (χ0v) is 22.5. The molecule has 0 aliphatic carbocycles. The molecule has 1 atom stereocenters. The quantitative estimate of drug-likeness (QED) is 0.567. The van der Waals surface area contributed by atoms with Crippen molar-refractivity contribution in [2.75, 3.05) is 38.2 Å². The monoisotopic (exact) mass is 518 g/mol. The van der Waals surface area contributed by atoms with E-state index in [0.717, 1.165) is 5.56 Å². The minimum Gasteiger partial charge on any atom is -0.476 e. The normalized spacial score (nSPS) is 18.7. The van der Waals surface area contributed by atoms with Crippen molar-refractivity contribution in [3.63, 3.8) is 0 Å². The van der Waals surface area contributed by atoms with E-state index in [1.807, 2.05) is 20.8 Å². The number of hydrogen-bond donors (Lipinski definition) is 2. The van der Waals surface area contributed by atoms with Crippen molar-refractivity contribution in [1.29, 1.82) is 0 Å². The van der Waals surface area contributed by atoms with E-state index in [-0.39, 0.29) is 43.5 Å². The van der Waals surface area contributed by atoms with E-state index in [1.54, 1.807) is 30.9 Å². The molecule has 2 N–H and O–H groups in total. The smallest absolute Gasteiger partial charge is 0.407 e. The summed E-state index contributed by atoms with van der Waals surface area (Å²) >= 11 is 0.